The fourth-order valence-corrected chi connectivity index (χ4v) is 10.7. The van der Waals surface area contributed by atoms with Gasteiger partial charge in [-0.1, -0.05) is 169 Å². The van der Waals surface area contributed by atoms with Crippen molar-refractivity contribution in [2.45, 2.75) is 58.5 Å². The van der Waals surface area contributed by atoms with Crippen LogP contribution in [0.15, 0.2) is 188 Å². The highest BCUT2D eigenvalue weighted by Gasteiger charge is 2.38. The largest absolute Gasteiger partial charge is 0.358 e. The molecule has 0 radical (unpaired) electrons. The van der Waals surface area contributed by atoms with Crippen molar-refractivity contribution in [2.24, 2.45) is 0 Å². The minimum Gasteiger partial charge on any atom is -0.358 e. The second-order valence-electron chi connectivity index (χ2n) is 18.1. The molecule has 2 heterocycles. The van der Waals surface area contributed by atoms with Crippen LogP contribution in [0.25, 0.3) is 66.4 Å². The van der Waals surface area contributed by atoms with Gasteiger partial charge in [0.05, 0.1) is 5.69 Å². The second kappa shape index (κ2) is 14.7. The van der Waals surface area contributed by atoms with Crippen molar-refractivity contribution >= 4 is 28.0 Å². The third-order valence-electron chi connectivity index (χ3n) is 13.9. The first-order chi connectivity index (χ1) is 30.7. The van der Waals surface area contributed by atoms with E-state index in [1.54, 1.807) is 0 Å². The van der Waals surface area contributed by atoms with Gasteiger partial charge in [0.15, 0.2) is 5.82 Å². The summed E-state index contributed by atoms with van der Waals surface area (Å²) in [5, 5.41) is 6.52. The van der Waals surface area contributed by atoms with E-state index in [9.17, 15) is 0 Å². The number of pyridine rings is 1. The third-order valence-corrected chi connectivity index (χ3v) is 13.9. The van der Waals surface area contributed by atoms with Gasteiger partial charge in [0.25, 0.3) is 0 Å². The number of aromatic nitrogens is 1. The van der Waals surface area contributed by atoms with E-state index in [0.29, 0.717) is 0 Å². The summed E-state index contributed by atoms with van der Waals surface area (Å²) in [6.45, 7) is 13.4. The number of anilines is 3. The molecular formula is C60H51N3. The highest BCUT2D eigenvalue weighted by Crippen LogP contribution is 2.53. The summed E-state index contributed by atoms with van der Waals surface area (Å²) in [5.74, 6) is 0.918. The molecule has 9 aromatic rings. The zero-order valence-corrected chi connectivity index (χ0v) is 36.9. The van der Waals surface area contributed by atoms with Crippen LogP contribution in [0.5, 0.6) is 0 Å². The van der Waals surface area contributed by atoms with Gasteiger partial charge in [-0.25, -0.2) is 4.98 Å². The van der Waals surface area contributed by atoms with Gasteiger partial charge >= 0.3 is 0 Å². The summed E-state index contributed by atoms with van der Waals surface area (Å²) >= 11 is 0. The summed E-state index contributed by atoms with van der Waals surface area (Å²) in [6, 6.07) is 67.5. The van der Waals surface area contributed by atoms with Crippen LogP contribution in [0.1, 0.15) is 75.5 Å². The van der Waals surface area contributed by atoms with Crippen molar-refractivity contribution in [2.75, 3.05) is 10.2 Å². The molecule has 1 atom stereocenters. The van der Waals surface area contributed by atoms with Gasteiger partial charge < -0.3 is 5.32 Å². The molecule has 3 nitrogen and oxygen atoms in total. The van der Waals surface area contributed by atoms with Gasteiger partial charge in [0, 0.05) is 28.3 Å². The maximum atomic E-state index is 5.11. The molecule has 0 saturated carbocycles. The van der Waals surface area contributed by atoms with Gasteiger partial charge in [-0.2, -0.15) is 0 Å². The average Bonchev–Trinajstić information content (AvgIpc) is 3.92. The number of benzene rings is 8. The van der Waals surface area contributed by atoms with Crippen LogP contribution < -0.4 is 10.2 Å². The van der Waals surface area contributed by atoms with Gasteiger partial charge in [0.1, 0.15) is 6.17 Å². The van der Waals surface area contributed by atoms with Crippen molar-refractivity contribution in [3.63, 3.8) is 0 Å². The molecule has 1 unspecified atom stereocenters. The molecule has 1 N–H and O–H groups in total. The number of nitrogens with zero attached hydrogens (tertiary/aromatic N) is 2. The average molecular weight is 814 g/mol. The Kier molecular flexibility index (Phi) is 9.03. The molecular weight excluding hydrogens is 763 g/mol. The van der Waals surface area contributed by atoms with E-state index < -0.39 is 0 Å². The van der Waals surface area contributed by atoms with Crippen LogP contribution in [-0.4, -0.2) is 4.98 Å². The fourth-order valence-electron chi connectivity index (χ4n) is 10.7. The van der Waals surface area contributed by atoms with Gasteiger partial charge in [-0.05, 0) is 143 Å². The Labute approximate surface area is 371 Å². The van der Waals surface area contributed by atoms with Gasteiger partial charge in [0.2, 0.25) is 0 Å². The molecule has 12 rings (SSSR count). The van der Waals surface area contributed by atoms with E-state index in [1.807, 2.05) is 20.0 Å². The molecule has 0 fully saturated rings. The minimum atomic E-state index is -0.228. The smallest absolute Gasteiger partial charge is 0.159 e. The first-order valence-corrected chi connectivity index (χ1v) is 22.5. The molecule has 1 aliphatic heterocycles. The number of nitrogens with one attached hydrogen (secondary N) is 1. The lowest BCUT2D eigenvalue weighted by Gasteiger charge is -2.27. The molecule has 8 aromatic carbocycles. The monoisotopic (exact) mass is 813 g/mol. The fraction of sp³-hybridized carbons (Fsp3) is 0.150. The first kappa shape index (κ1) is 38.7. The highest BCUT2D eigenvalue weighted by molar-refractivity contribution is 5.96. The van der Waals surface area contributed by atoms with E-state index in [1.165, 1.54) is 83.1 Å². The molecule has 306 valence electrons. The van der Waals surface area contributed by atoms with E-state index in [-0.39, 0.29) is 17.0 Å². The Bertz CT molecular complexity index is 3120. The van der Waals surface area contributed by atoms with Crippen LogP contribution >= 0.6 is 0 Å². The highest BCUT2D eigenvalue weighted by atomic mass is 15.4. The number of hydrogen-bond donors (Lipinski definition) is 1. The van der Waals surface area contributed by atoms with Gasteiger partial charge in [-0.15, -0.1) is 0 Å². The zero-order chi connectivity index (χ0) is 43.0. The molecule has 3 heteroatoms. The van der Waals surface area contributed by atoms with Gasteiger partial charge in [-0.3, -0.25) is 4.90 Å². The standard InChI is InChI=1S/C58H45N3.C2H6/c1-57(2)50-20-12-10-18-46(50)48-34-38(24-26-52(48)57)41-31-42(39-25-27-53-49(35-39)47-19-11-13-21-51(47)58(53,3)4)33-43(32-41)55-60-54-45(40-23-22-36-14-8-9-15-37(36)30-40)28-29-59-56(54)61(55)44-16-6-5-7-17-44;1-2/h5-35,55,60H,1-4H3;1-2H3. The Morgan fingerprint density at radius 3 is 1.57 bits per heavy atom. The number of rotatable bonds is 5. The maximum absolute atomic E-state index is 5.11. The predicted molar refractivity (Wildman–Crippen MR) is 266 cm³/mol. The first-order valence-electron chi connectivity index (χ1n) is 22.5. The number of fused-ring (bicyclic) bond motifs is 8. The summed E-state index contributed by atoms with van der Waals surface area (Å²) < 4.78 is 0. The van der Waals surface area contributed by atoms with E-state index in [2.05, 4.69) is 220 Å². The van der Waals surface area contributed by atoms with Crippen molar-refractivity contribution in [1.82, 2.24) is 4.98 Å². The van der Waals surface area contributed by atoms with E-state index >= 15 is 0 Å². The zero-order valence-electron chi connectivity index (χ0n) is 36.9. The molecule has 3 aliphatic rings. The SMILES string of the molecule is CC.CC1(C)c2ccccc2-c2cc(-c3cc(-c4ccc5c(c4)-c4ccccc4C5(C)C)cc(C4Nc5c(-c6ccc7ccccc7c6)ccnc5N4c4ccccc4)c3)ccc21. The predicted octanol–water partition coefficient (Wildman–Crippen LogP) is 16.1. The van der Waals surface area contributed by atoms with E-state index in [0.717, 1.165) is 28.3 Å². The summed E-state index contributed by atoms with van der Waals surface area (Å²) in [7, 11) is 0. The molecule has 1 aromatic heterocycles. The Balaban J connectivity index is 0.00000219. The summed E-state index contributed by atoms with van der Waals surface area (Å²) in [5.41, 5.74) is 21.1. The molecule has 0 bridgehead atoms. The summed E-state index contributed by atoms with van der Waals surface area (Å²) in [4.78, 5) is 7.50. The van der Waals surface area contributed by atoms with Crippen molar-refractivity contribution < 1.29 is 0 Å². The minimum absolute atomic E-state index is 0.0581. The van der Waals surface area contributed by atoms with Crippen LogP contribution in [-0.2, 0) is 10.8 Å². The van der Waals surface area contributed by atoms with Crippen molar-refractivity contribution in [1.29, 1.82) is 0 Å². The Hall–Kier alpha value is -7.23. The van der Waals surface area contributed by atoms with Crippen molar-refractivity contribution in [3.8, 4) is 55.6 Å². The molecule has 0 spiro atoms. The molecule has 2 aliphatic carbocycles. The number of para-hydroxylation sites is 1. The second-order valence-corrected chi connectivity index (χ2v) is 18.1. The lowest BCUT2D eigenvalue weighted by molar-refractivity contribution is 0.660. The van der Waals surface area contributed by atoms with E-state index in [4.69, 9.17) is 4.98 Å². The Morgan fingerprint density at radius 1 is 0.429 bits per heavy atom. The van der Waals surface area contributed by atoms with Crippen LogP contribution in [0.2, 0.25) is 0 Å². The number of hydrogen-bond acceptors (Lipinski definition) is 3. The van der Waals surface area contributed by atoms with Crippen molar-refractivity contribution in [3.05, 3.63) is 216 Å². The topological polar surface area (TPSA) is 28.2 Å². The normalized spacial score (nSPS) is 15.7. The van der Waals surface area contributed by atoms with Crippen LogP contribution in [0, 0.1) is 0 Å². The summed E-state index contributed by atoms with van der Waals surface area (Å²) in [6.07, 6.45) is 1.73. The molecule has 63 heavy (non-hydrogen) atoms. The maximum Gasteiger partial charge on any atom is 0.159 e. The lowest BCUT2D eigenvalue weighted by atomic mass is 9.82. The van der Waals surface area contributed by atoms with Crippen LogP contribution in [0.3, 0.4) is 0 Å². The lowest BCUT2D eigenvalue weighted by Crippen LogP contribution is -2.24. The third kappa shape index (κ3) is 6.05. The Morgan fingerprint density at radius 2 is 0.952 bits per heavy atom. The molecule has 0 amide bonds. The quantitative estimate of drug-likeness (QED) is 0.188. The van der Waals surface area contributed by atoms with Crippen LogP contribution in [0.4, 0.5) is 17.2 Å². The molecule has 0 saturated heterocycles.